The van der Waals surface area contributed by atoms with Gasteiger partial charge in [0.2, 0.25) is 0 Å². The maximum Gasteiger partial charge on any atom is 0.148 e. The van der Waals surface area contributed by atoms with Crippen molar-refractivity contribution in [3.05, 3.63) is 72.2 Å². The first-order valence-electron chi connectivity index (χ1n) is 8.21. The lowest BCUT2D eigenvalue weighted by Crippen LogP contribution is -2.22. The molecule has 0 fully saturated rings. The van der Waals surface area contributed by atoms with E-state index in [0.29, 0.717) is 13.1 Å². The van der Waals surface area contributed by atoms with E-state index in [1.165, 1.54) is 18.4 Å². The topological polar surface area (TPSA) is 64.0 Å². The predicted molar refractivity (Wildman–Crippen MR) is 100 cm³/mol. The minimum Gasteiger partial charge on any atom is -0.312 e. The van der Waals surface area contributed by atoms with Gasteiger partial charge in [0, 0.05) is 36.7 Å². The summed E-state index contributed by atoms with van der Waals surface area (Å²) in [5.41, 5.74) is 3.37. The second kappa shape index (κ2) is 7.80. The summed E-state index contributed by atoms with van der Waals surface area (Å²) in [7, 11) is -3.01. The summed E-state index contributed by atoms with van der Waals surface area (Å²) >= 11 is 0. The zero-order chi connectivity index (χ0) is 18.6. The molecule has 3 aromatic rings. The molecule has 0 unspecified atom stereocenters. The fourth-order valence-corrected chi connectivity index (χ4v) is 3.10. The first kappa shape index (κ1) is 18.3. The highest BCUT2D eigenvalue weighted by atomic mass is 32.2. The Balaban J connectivity index is 1.87. The molecule has 136 valence electrons. The van der Waals surface area contributed by atoms with Crippen LogP contribution < -0.4 is 5.32 Å². The fraction of sp³-hybridized carbons (Fsp3) is 0.211. The van der Waals surface area contributed by atoms with Crippen molar-refractivity contribution < 1.29 is 12.8 Å². The summed E-state index contributed by atoms with van der Waals surface area (Å²) in [5, 5.41) is 7.78. The van der Waals surface area contributed by atoms with Crippen molar-refractivity contribution in [3.8, 4) is 16.9 Å². The van der Waals surface area contributed by atoms with Gasteiger partial charge in [0.05, 0.1) is 17.1 Å². The van der Waals surface area contributed by atoms with Crippen LogP contribution in [0.15, 0.2) is 60.8 Å². The molecule has 3 rings (SSSR count). The quantitative estimate of drug-likeness (QED) is 0.647. The number of aromatic nitrogens is 2. The molecule has 5 nitrogen and oxygen atoms in total. The van der Waals surface area contributed by atoms with Crippen molar-refractivity contribution in [2.45, 2.75) is 6.54 Å². The standard InChI is InChI=1S/C19H20FN3O2S/c1-26(24,25)12-11-21-13-16-14-23(18-5-3-2-4-6-18)22-19(16)15-7-9-17(20)10-8-15/h2-10,14,21H,11-13H2,1H3. The van der Waals surface area contributed by atoms with Crippen LogP contribution in [0.3, 0.4) is 0 Å². The number of benzene rings is 2. The number of rotatable bonds is 7. The Morgan fingerprint density at radius 2 is 1.77 bits per heavy atom. The number of hydrogen-bond acceptors (Lipinski definition) is 4. The van der Waals surface area contributed by atoms with Crippen LogP contribution >= 0.6 is 0 Å². The molecule has 0 amide bonds. The van der Waals surface area contributed by atoms with E-state index in [-0.39, 0.29) is 11.6 Å². The first-order chi connectivity index (χ1) is 12.4. The van der Waals surface area contributed by atoms with E-state index in [1.807, 2.05) is 36.5 Å². The maximum absolute atomic E-state index is 13.2. The zero-order valence-corrected chi connectivity index (χ0v) is 15.2. The van der Waals surface area contributed by atoms with E-state index in [0.717, 1.165) is 22.5 Å². The highest BCUT2D eigenvalue weighted by molar-refractivity contribution is 7.90. The predicted octanol–water partition coefficient (Wildman–Crippen LogP) is 2.81. The Morgan fingerprint density at radius 1 is 1.08 bits per heavy atom. The number of nitrogens with zero attached hydrogens (tertiary/aromatic N) is 2. The van der Waals surface area contributed by atoms with Gasteiger partial charge in [-0.2, -0.15) is 5.10 Å². The van der Waals surface area contributed by atoms with Crippen molar-refractivity contribution in [1.29, 1.82) is 0 Å². The minimum absolute atomic E-state index is 0.0751. The normalized spacial score (nSPS) is 11.6. The zero-order valence-electron chi connectivity index (χ0n) is 14.4. The molecule has 7 heteroatoms. The molecule has 0 radical (unpaired) electrons. The monoisotopic (exact) mass is 373 g/mol. The molecule has 26 heavy (non-hydrogen) atoms. The summed E-state index contributed by atoms with van der Waals surface area (Å²) in [6.45, 7) is 0.827. The van der Waals surface area contributed by atoms with Crippen LogP contribution in [0.25, 0.3) is 16.9 Å². The van der Waals surface area contributed by atoms with Gasteiger partial charge in [0.15, 0.2) is 0 Å². The Morgan fingerprint density at radius 3 is 2.42 bits per heavy atom. The van der Waals surface area contributed by atoms with Gasteiger partial charge in [-0.3, -0.25) is 0 Å². The molecule has 0 atom stereocenters. The Kier molecular flexibility index (Phi) is 5.49. The molecule has 0 spiro atoms. The summed E-state index contributed by atoms with van der Waals surface area (Å²) in [5.74, 6) is -0.227. The van der Waals surface area contributed by atoms with Gasteiger partial charge in [-0.25, -0.2) is 17.5 Å². The Labute approximate surface area is 152 Å². The van der Waals surface area contributed by atoms with Crippen LogP contribution in [0.4, 0.5) is 4.39 Å². The van der Waals surface area contributed by atoms with Gasteiger partial charge in [-0.05, 0) is 36.4 Å². The maximum atomic E-state index is 13.2. The fourth-order valence-electron chi connectivity index (χ4n) is 2.58. The van der Waals surface area contributed by atoms with E-state index in [1.54, 1.807) is 16.8 Å². The molecule has 0 bridgehead atoms. The third kappa shape index (κ3) is 4.77. The van der Waals surface area contributed by atoms with E-state index < -0.39 is 9.84 Å². The smallest absolute Gasteiger partial charge is 0.148 e. The van der Waals surface area contributed by atoms with Crippen molar-refractivity contribution in [2.75, 3.05) is 18.6 Å². The third-order valence-corrected chi connectivity index (χ3v) is 4.84. The van der Waals surface area contributed by atoms with E-state index >= 15 is 0 Å². The van der Waals surface area contributed by atoms with E-state index in [4.69, 9.17) is 0 Å². The number of halogens is 1. The molecule has 0 aliphatic heterocycles. The van der Waals surface area contributed by atoms with Crippen LogP contribution in [-0.4, -0.2) is 36.8 Å². The number of para-hydroxylation sites is 1. The van der Waals surface area contributed by atoms with Crippen molar-refractivity contribution in [3.63, 3.8) is 0 Å². The molecule has 1 N–H and O–H groups in total. The van der Waals surface area contributed by atoms with Crippen molar-refractivity contribution >= 4 is 9.84 Å². The molecule has 1 aromatic heterocycles. The van der Waals surface area contributed by atoms with Crippen LogP contribution in [0.5, 0.6) is 0 Å². The van der Waals surface area contributed by atoms with Gasteiger partial charge < -0.3 is 5.32 Å². The van der Waals surface area contributed by atoms with Gasteiger partial charge >= 0.3 is 0 Å². The second-order valence-corrected chi connectivity index (χ2v) is 8.36. The SMILES string of the molecule is CS(=O)(=O)CCNCc1cn(-c2ccccc2)nc1-c1ccc(F)cc1. The number of nitrogens with one attached hydrogen (secondary N) is 1. The van der Waals surface area contributed by atoms with Crippen LogP contribution in [0, 0.1) is 5.82 Å². The van der Waals surface area contributed by atoms with Crippen molar-refractivity contribution in [2.24, 2.45) is 0 Å². The summed E-state index contributed by atoms with van der Waals surface area (Å²) in [6.07, 6.45) is 3.12. The second-order valence-electron chi connectivity index (χ2n) is 6.10. The number of hydrogen-bond donors (Lipinski definition) is 1. The minimum atomic E-state index is -3.01. The summed E-state index contributed by atoms with van der Waals surface area (Å²) in [6, 6.07) is 15.9. The van der Waals surface area contributed by atoms with Crippen LogP contribution in [-0.2, 0) is 16.4 Å². The average molecular weight is 373 g/mol. The van der Waals surface area contributed by atoms with E-state index in [2.05, 4.69) is 10.4 Å². The Hall–Kier alpha value is -2.51. The summed E-state index contributed by atoms with van der Waals surface area (Å²) in [4.78, 5) is 0. The molecule has 0 saturated carbocycles. The molecule has 0 saturated heterocycles. The molecular formula is C19H20FN3O2S. The molecule has 0 aliphatic rings. The lowest BCUT2D eigenvalue weighted by molar-refractivity contribution is 0.596. The highest BCUT2D eigenvalue weighted by Gasteiger charge is 2.12. The molecular weight excluding hydrogens is 353 g/mol. The van der Waals surface area contributed by atoms with Gasteiger partial charge in [0.1, 0.15) is 15.7 Å². The van der Waals surface area contributed by atoms with Gasteiger partial charge in [-0.1, -0.05) is 18.2 Å². The Bertz CT molecular complexity index is 968. The average Bonchev–Trinajstić information content (AvgIpc) is 3.04. The van der Waals surface area contributed by atoms with Crippen molar-refractivity contribution in [1.82, 2.24) is 15.1 Å². The first-order valence-corrected chi connectivity index (χ1v) is 10.3. The van der Waals surface area contributed by atoms with Gasteiger partial charge in [0.25, 0.3) is 0 Å². The van der Waals surface area contributed by atoms with E-state index in [9.17, 15) is 12.8 Å². The molecule has 0 aliphatic carbocycles. The molecule has 1 heterocycles. The largest absolute Gasteiger partial charge is 0.312 e. The van der Waals surface area contributed by atoms with Crippen LogP contribution in [0.2, 0.25) is 0 Å². The third-order valence-electron chi connectivity index (χ3n) is 3.89. The lowest BCUT2D eigenvalue weighted by Gasteiger charge is -2.04. The van der Waals surface area contributed by atoms with Crippen LogP contribution in [0.1, 0.15) is 5.56 Å². The highest BCUT2D eigenvalue weighted by Crippen LogP contribution is 2.24. The summed E-state index contributed by atoms with van der Waals surface area (Å²) < 4.78 is 37.5. The molecule has 2 aromatic carbocycles. The van der Waals surface area contributed by atoms with Gasteiger partial charge in [-0.15, -0.1) is 0 Å². The lowest BCUT2D eigenvalue weighted by atomic mass is 10.1. The number of sulfone groups is 1.